The summed E-state index contributed by atoms with van der Waals surface area (Å²) in [5, 5.41) is 3.38. The molecule has 1 N–H and O–H groups in total. The zero-order chi connectivity index (χ0) is 8.06. The molecule has 2 aliphatic rings. The van der Waals surface area contributed by atoms with Gasteiger partial charge in [0.2, 0.25) is 0 Å². The molecular weight excluding hydrogens is 174 g/mol. The van der Waals surface area contributed by atoms with Gasteiger partial charge in [0, 0.05) is 24.0 Å². The summed E-state index contributed by atoms with van der Waals surface area (Å²) in [6.07, 6.45) is 1.78. The Balaban J connectivity index is 0.000000720. The summed E-state index contributed by atoms with van der Waals surface area (Å²) in [5.74, 6) is 0.787. The molecule has 3 unspecified atom stereocenters. The quantitative estimate of drug-likeness (QED) is 0.678. The van der Waals surface area contributed by atoms with Crippen molar-refractivity contribution in [3.63, 3.8) is 0 Å². The number of fused-ring (bicyclic) bond motifs is 1. The zero-order valence-corrected chi connectivity index (χ0v) is 8.78. The number of ether oxygens (including phenoxy) is 1. The van der Waals surface area contributed by atoms with Crippen molar-refractivity contribution in [3.8, 4) is 0 Å². The Morgan fingerprint density at radius 3 is 2.67 bits per heavy atom. The average Bonchev–Trinajstić information content (AvgIpc) is 2.34. The molecule has 1 saturated heterocycles. The first-order valence-electron chi connectivity index (χ1n) is 4.47. The lowest BCUT2D eigenvalue weighted by molar-refractivity contribution is -0.110. The lowest BCUT2D eigenvalue weighted by Crippen LogP contribution is -2.65. The summed E-state index contributed by atoms with van der Waals surface area (Å²) < 4.78 is 5.66. The van der Waals surface area contributed by atoms with Gasteiger partial charge in [0.15, 0.2) is 0 Å². The topological polar surface area (TPSA) is 21.3 Å². The van der Waals surface area contributed by atoms with Crippen LogP contribution in [-0.2, 0) is 4.74 Å². The van der Waals surface area contributed by atoms with Crippen LogP contribution in [0.3, 0.4) is 0 Å². The number of hydrogen-bond donors (Lipinski definition) is 1. The third kappa shape index (κ3) is 1.09. The monoisotopic (exact) mass is 191 g/mol. The van der Waals surface area contributed by atoms with Gasteiger partial charge in [-0.05, 0) is 13.5 Å². The highest BCUT2D eigenvalue weighted by Crippen LogP contribution is 2.51. The van der Waals surface area contributed by atoms with Gasteiger partial charge in [0.1, 0.15) is 0 Å². The van der Waals surface area contributed by atoms with Gasteiger partial charge >= 0.3 is 0 Å². The molecule has 2 nitrogen and oxygen atoms in total. The predicted molar refractivity (Wildman–Crippen MR) is 51.7 cm³/mol. The van der Waals surface area contributed by atoms with E-state index in [1.54, 1.807) is 0 Å². The van der Waals surface area contributed by atoms with Gasteiger partial charge in [0.25, 0.3) is 0 Å². The second-order valence-electron chi connectivity index (χ2n) is 4.33. The standard InChI is InChI=1S/C9H17NO.ClH/c1-9(2)7(10-3)6-4-5-11-8(6)9;/h6-8,10H,4-5H2,1-3H3;1H. The molecule has 0 aromatic heterocycles. The van der Waals surface area contributed by atoms with E-state index in [1.165, 1.54) is 6.42 Å². The molecular formula is C9H18ClNO. The highest BCUT2D eigenvalue weighted by Gasteiger charge is 2.58. The van der Waals surface area contributed by atoms with Gasteiger partial charge in [-0.2, -0.15) is 0 Å². The van der Waals surface area contributed by atoms with Crippen molar-refractivity contribution in [2.24, 2.45) is 11.3 Å². The van der Waals surface area contributed by atoms with Crippen molar-refractivity contribution < 1.29 is 4.74 Å². The molecule has 0 radical (unpaired) electrons. The summed E-state index contributed by atoms with van der Waals surface area (Å²) >= 11 is 0. The van der Waals surface area contributed by atoms with Crippen molar-refractivity contribution in [2.75, 3.05) is 13.7 Å². The van der Waals surface area contributed by atoms with E-state index in [9.17, 15) is 0 Å². The van der Waals surface area contributed by atoms with E-state index < -0.39 is 0 Å². The molecule has 0 aromatic carbocycles. The highest BCUT2D eigenvalue weighted by atomic mass is 35.5. The number of hydrogen-bond acceptors (Lipinski definition) is 2. The van der Waals surface area contributed by atoms with E-state index in [1.807, 2.05) is 0 Å². The van der Waals surface area contributed by atoms with Crippen LogP contribution in [0.4, 0.5) is 0 Å². The predicted octanol–water partition coefficient (Wildman–Crippen LogP) is 1.44. The maximum absolute atomic E-state index is 5.66. The number of rotatable bonds is 1. The van der Waals surface area contributed by atoms with E-state index in [4.69, 9.17) is 4.74 Å². The van der Waals surface area contributed by atoms with Crippen molar-refractivity contribution in [1.29, 1.82) is 0 Å². The number of nitrogens with one attached hydrogen (secondary N) is 1. The van der Waals surface area contributed by atoms with Gasteiger partial charge in [0.05, 0.1) is 6.10 Å². The molecule has 0 bridgehead atoms. The van der Waals surface area contributed by atoms with Gasteiger partial charge in [-0.25, -0.2) is 0 Å². The molecule has 0 amide bonds. The second-order valence-corrected chi connectivity index (χ2v) is 4.33. The molecule has 0 aromatic rings. The Hall–Kier alpha value is 0.210. The summed E-state index contributed by atoms with van der Waals surface area (Å²) in [6, 6.07) is 0.676. The molecule has 2 rings (SSSR count). The molecule has 3 heteroatoms. The molecule has 1 aliphatic carbocycles. The van der Waals surface area contributed by atoms with Crippen LogP contribution >= 0.6 is 12.4 Å². The first-order valence-corrected chi connectivity index (χ1v) is 4.47. The third-order valence-corrected chi connectivity index (χ3v) is 3.41. The SMILES string of the molecule is CNC1C2CCOC2C1(C)C.Cl. The van der Waals surface area contributed by atoms with Gasteiger partial charge < -0.3 is 10.1 Å². The van der Waals surface area contributed by atoms with Crippen molar-refractivity contribution in [2.45, 2.75) is 32.4 Å². The van der Waals surface area contributed by atoms with Crippen LogP contribution in [-0.4, -0.2) is 25.8 Å². The fraction of sp³-hybridized carbons (Fsp3) is 1.00. The Bertz CT molecular complexity index is 172. The zero-order valence-electron chi connectivity index (χ0n) is 7.96. The lowest BCUT2D eigenvalue weighted by Gasteiger charge is -2.54. The molecule has 2 fully saturated rings. The van der Waals surface area contributed by atoms with Crippen LogP contribution in [0.1, 0.15) is 20.3 Å². The molecule has 1 saturated carbocycles. The summed E-state index contributed by atoms with van der Waals surface area (Å²) in [4.78, 5) is 0. The largest absolute Gasteiger partial charge is 0.377 e. The van der Waals surface area contributed by atoms with Gasteiger partial charge in [-0.15, -0.1) is 12.4 Å². The van der Waals surface area contributed by atoms with E-state index in [-0.39, 0.29) is 12.4 Å². The van der Waals surface area contributed by atoms with E-state index in [0.717, 1.165) is 12.5 Å². The van der Waals surface area contributed by atoms with E-state index in [0.29, 0.717) is 17.6 Å². The molecule has 3 atom stereocenters. The highest BCUT2D eigenvalue weighted by molar-refractivity contribution is 5.85. The van der Waals surface area contributed by atoms with Crippen LogP contribution < -0.4 is 5.32 Å². The van der Waals surface area contributed by atoms with Crippen molar-refractivity contribution in [3.05, 3.63) is 0 Å². The van der Waals surface area contributed by atoms with Crippen molar-refractivity contribution >= 4 is 12.4 Å². The van der Waals surface area contributed by atoms with Crippen LogP contribution in [0.2, 0.25) is 0 Å². The third-order valence-electron chi connectivity index (χ3n) is 3.41. The second kappa shape index (κ2) is 3.17. The molecule has 0 spiro atoms. The Labute approximate surface area is 80.5 Å². The van der Waals surface area contributed by atoms with E-state index in [2.05, 4.69) is 26.2 Å². The first kappa shape index (κ1) is 10.3. The molecule has 72 valence electrons. The molecule has 1 heterocycles. The Morgan fingerprint density at radius 1 is 1.42 bits per heavy atom. The fourth-order valence-electron chi connectivity index (χ4n) is 2.91. The van der Waals surface area contributed by atoms with Gasteiger partial charge in [-0.3, -0.25) is 0 Å². The average molecular weight is 192 g/mol. The minimum atomic E-state index is 0. The lowest BCUT2D eigenvalue weighted by atomic mass is 9.57. The summed E-state index contributed by atoms with van der Waals surface area (Å²) in [7, 11) is 2.06. The molecule has 12 heavy (non-hydrogen) atoms. The normalized spacial score (nSPS) is 42.8. The van der Waals surface area contributed by atoms with Crippen LogP contribution in [0, 0.1) is 11.3 Å². The molecule has 1 aliphatic heterocycles. The number of halogens is 1. The maximum atomic E-state index is 5.66. The Kier molecular flexibility index (Phi) is 2.72. The smallest absolute Gasteiger partial charge is 0.0685 e. The van der Waals surface area contributed by atoms with Gasteiger partial charge in [-0.1, -0.05) is 13.8 Å². The minimum absolute atomic E-state index is 0. The fourth-order valence-corrected chi connectivity index (χ4v) is 2.91. The van der Waals surface area contributed by atoms with Crippen LogP contribution in [0.5, 0.6) is 0 Å². The van der Waals surface area contributed by atoms with Crippen LogP contribution in [0.15, 0.2) is 0 Å². The van der Waals surface area contributed by atoms with Crippen LogP contribution in [0.25, 0.3) is 0 Å². The Morgan fingerprint density at radius 2 is 2.08 bits per heavy atom. The summed E-state index contributed by atoms with van der Waals surface area (Å²) in [6.45, 7) is 5.55. The van der Waals surface area contributed by atoms with E-state index >= 15 is 0 Å². The first-order chi connectivity index (χ1) is 5.18. The maximum Gasteiger partial charge on any atom is 0.0685 e. The van der Waals surface area contributed by atoms with Crippen molar-refractivity contribution in [1.82, 2.24) is 5.32 Å². The minimum Gasteiger partial charge on any atom is -0.377 e. The summed E-state index contributed by atoms with van der Waals surface area (Å²) in [5.41, 5.74) is 0.357.